The summed E-state index contributed by atoms with van der Waals surface area (Å²) in [6, 6.07) is 11.1. The maximum atomic E-state index is 13.6. The van der Waals surface area contributed by atoms with Crippen molar-refractivity contribution >= 4 is 23.2 Å². The van der Waals surface area contributed by atoms with Crippen LogP contribution in [-0.4, -0.2) is 26.0 Å². The summed E-state index contributed by atoms with van der Waals surface area (Å²) in [6.07, 6.45) is -3.25. The number of hydrogen-bond donors (Lipinski definition) is 2. The summed E-state index contributed by atoms with van der Waals surface area (Å²) in [6.45, 7) is 0. The number of halogens is 3. The van der Waals surface area contributed by atoms with E-state index in [1.165, 1.54) is 38.7 Å². The average Bonchev–Trinajstić information content (AvgIpc) is 3.33. The molecule has 0 atom stereocenters. The van der Waals surface area contributed by atoms with E-state index < -0.39 is 29.2 Å². The first kappa shape index (κ1) is 23.7. The zero-order chi connectivity index (χ0) is 24.0. The number of furan rings is 1. The zero-order valence-corrected chi connectivity index (χ0v) is 17.8. The van der Waals surface area contributed by atoms with Crippen molar-refractivity contribution in [3.63, 3.8) is 0 Å². The molecule has 3 rings (SSSR count). The molecule has 1 heterocycles. The van der Waals surface area contributed by atoms with Crippen LogP contribution in [-0.2, 0) is 17.4 Å². The summed E-state index contributed by atoms with van der Waals surface area (Å²) in [7, 11) is 2.98. The van der Waals surface area contributed by atoms with Gasteiger partial charge in [0.2, 0.25) is 5.91 Å². The third-order valence-corrected chi connectivity index (χ3v) is 4.69. The van der Waals surface area contributed by atoms with Crippen molar-refractivity contribution in [3.8, 4) is 11.5 Å². The van der Waals surface area contributed by atoms with Gasteiger partial charge in [-0.15, -0.1) is 0 Å². The molecule has 0 unspecified atom stereocenters. The summed E-state index contributed by atoms with van der Waals surface area (Å²) in [5.41, 5.74) is -0.822. The number of ether oxygens (including phenoxy) is 2. The van der Waals surface area contributed by atoms with Crippen LogP contribution in [0.1, 0.15) is 28.1 Å². The second-order valence-corrected chi connectivity index (χ2v) is 6.93. The fraction of sp³-hybridized carbons (Fsp3) is 0.217. The topological polar surface area (TPSA) is 89.8 Å². The van der Waals surface area contributed by atoms with Crippen molar-refractivity contribution in [1.29, 1.82) is 0 Å². The van der Waals surface area contributed by atoms with E-state index in [0.29, 0.717) is 11.5 Å². The fourth-order valence-corrected chi connectivity index (χ4v) is 3.07. The van der Waals surface area contributed by atoms with Gasteiger partial charge in [0.15, 0.2) is 17.3 Å². The summed E-state index contributed by atoms with van der Waals surface area (Å²) in [4.78, 5) is 24.4. The Labute approximate surface area is 187 Å². The molecule has 0 aliphatic heterocycles. The Balaban J connectivity index is 1.70. The van der Waals surface area contributed by atoms with Crippen LogP contribution in [0, 0.1) is 0 Å². The smallest absolute Gasteiger partial charge is 0.418 e. The van der Waals surface area contributed by atoms with Crippen LogP contribution < -0.4 is 20.1 Å². The zero-order valence-electron chi connectivity index (χ0n) is 17.8. The van der Waals surface area contributed by atoms with Gasteiger partial charge in [0, 0.05) is 12.1 Å². The number of amides is 2. The minimum atomic E-state index is -4.75. The van der Waals surface area contributed by atoms with Gasteiger partial charge in [0.25, 0.3) is 5.91 Å². The van der Waals surface area contributed by atoms with Crippen molar-refractivity contribution in [3.05, 3.63) is 71.7 Å². The van der Waals surface area contributed by atoms with Gasteiger partial charge < -0.3 is 24.5 Å². The molecule has 0 bridgehead atoms. The Morgan fingerprint density at radius 1 is 0.970 bits per heavy atom. The molecule has 0 saturated carbocycles. The third-order valence-electron chi connectivity index (χ3n) is 4.69. The lowest BCUT2D eigenvalue weighted by molar-refractivity contribution is -0.136. The van der Waals surface area contributed by atoms with E-state index in [-0.39, 0.29) is 24.3 Å². The van der Waals surface area contributed by atoms with Gasteiger partial charge >= 0.3 is 6.18 Å². The lowest BCUT2D eigenvalue weighted by Crippen LogP contribution is -2.18. The largest absolute Gasteiger partial charge is 0.493 e. The summed E-state index contributed by atoms with van der Waals surface area (Å²) in [5.74, 6) is -0.319. The van der Waals surface area contributed by atoms with E-state index in [1.807, 2.05) is 0 Å². The first-order valence-corrected chi connectivity index (χ1v) is 9.78. The van der Waals surface area contributed by atoms with E-state index >= 15 is 0 Å². The summed E-state index contributed by atoms with van der Waals surface area (Å²) < 4.78 is 56.0. The van der Waals surface area contributed by atoms with Crippen molar-refractivity contribution in [2.45, 2.75) is 19.0 Å². The lowest BCUT2D eigenvalue weighted by Gasteiger charge is -2.16. The Hall–Kier alpha value is -3.95. The van der Waals surface area contributed by atoms with E-state index in [2.05, 4.69) is 10.6 Å². The number of rotatable bonds is 8. The second-order valence-electron chi connectivity index (χ2n) is 6.93. The minimum Gasteiger partial charge on any atom is -0.493 e. The number of carbonyl (C=O) groups is 2. The number of hydrogen-bond acceptors (Lipinski definition) is 5. The number of nitrogens with one attached hydrogen (secondary N) is 2. The van der Waals surface area contributed by atoms with Crippen LogP contribution in [0.2, 0.25) is 0 Å². The highest BCUT2D eigenvalue weighted by atomic mass is 19.4. The maximum Gasteiger partial charge on any atom is 0.418 e. The first-order chi connectivity index (χ1) is 15.7. The standard InChI is InChI=1S/C23H21F3N2O5/c1-31-18-9-5-14(12-20(18)32-2)6-10-21(29)28-17-8-7-15(13-16(17)23(24,25)26)27-22(30)19-4-3-11-33-19/h3-5,7-9,11-13H,6,10H2,1-2H3,(H,27,30)(H,28,29). The van der Waals surface area contributed by atoms with Gasteiger partial charge in [0.1, 0.15) is 0 Å². The van der Waals surface area contributed by atoms with Crippen molar-refractivity contribution in [1.82, 2.24) is 0 Å². The summed E-state index contributed by atoms with van der Waals surface area (Å²) >= 11 is 0. The molecule has 0 aliphatic rings. The second kappa shape index (κ2) is 10.1. The molecular weight excluding hydrogens is 441 g/mol. The van der Waals surface area contributed by atoms with Gasteiger partial charge in [-0.3, -0.25) is 9.59 Å². The normalized spacial score (nSPS) is 11.1. The quantitative estimate of drug-likeness (QED) is 0.484. The highest BCUT2D eigenvalue weighted by Gasteiger charge is 2.34. The molecule has 33 heavy (non-hydrogen) atoms. The van der Waals surface area contributed by atoms with Crippen LogP contribution >= 0.6 is 0 Å². The molecule has 2 aromatic carbocycles. The van der Waals surface area contributed by atoms with E-state index in [4.69, 9.17) is 13.9 Å². The van der Waals surface area contributed by atoms with Crippen LogP contribution in [0.5, 0.6) is 11.5 Å². The van der Waals surface area contributed by atoms with Gasteiger partial charge in [-0.05, 0) is 54.4 Å². The van der Waals surface area contributed by atoms with Crippen LogP contribution in [0.3, 0.4) is 0 Å². The first-order valence-electron chi connectivity index (χ1n) is 9.78. The Morgan fingerprint density at radius 2 is 1.73 bits per heavy atom. The SMILES string of the molecule is COc1ccc(CCC(=O)Nc2ccc(NC(=O)c3ccco3)cc2C(F)(F)F)cc1OC. The van der Waals surface area contributed by atoms with Gasteiger partial charge in [0.05, 0.1) is 31.7 Å². The van der Waals surface area contributed by atoms with Gasteiger partial charge in [-0.25, -0.2) is 0 Å². The third kappa shape index (κ3) is 6.06. The Bertz CT molecular complexity index is 1130. The van der Waals surface area contributed by atoms with Crippen LogP contribution in [0.15, 0.2) is 59.2 Å². The van der Waals surface area contributed by atoms with Crippen molar-refractivity contribution < 1.29 is 36.7 Å². The highest BCUT2D eigenvalue weighted by Crippen LogP contribution is 2.37. The van der Waals surface area contributed by atoms with Gasteiger partial charge in [-0.2, -0.15) is 13.2 Å². The molecule has 0 spiro atoms. The maximum absolute atomic E-state index is 13.6. The van der Waals surface area contributed by atoms with E-state index in [0.717, 1.165) is 17.7 Å². The highest BCUT2D eigenvalue weighted by molar-refractivity contribution is 6.02. The Morgan fingerprint density at radius 3 is 2.36 bits per heavy atom. The number of aryl methyl sites for hydroxylation is 1. The number of anilines is 2. The molecule has 2 N–H and O–H groups in total. The molecular formula is C23H21F3N2O5. The monoisotopic (exact) mass is 462 g/mol. The average molecular weight is 462 g/mol. The minimum absolute atomic E-state index is 0.0453. The molecule has 0 radical (unpaired) electrons. The molecule has 7 nitrogen and oxygen atoms in total. The van der Waals surface area contributed by atoms with Gasteiger partial charge in [-0.1, -0.05) is 6.07 Å². The van der Waals surface area contributed by atoms with Crippen LogP contribution in [0.4, 0.5) is 24.5 Å². The predicted molar refractivity (Wildman–Crippen MR) is 115 cm³/mol. The molecule has 3 aromatic rings. The van der Waals surface area contributed by atoms with Crippen LogP contribution in [0.25, 0.3) is 0 Å². The molecule has 2 amide bonds. The molecule has 10 heteroatoms. The predicted octanol–water partition coefficient (Wildman–Crippen LogP) is 5.14. The van der Waals surface area contributed by atoms with Crippen molar-refractivity contribution in [2.75, 3.05) is 24.9 Å². The fourth-order valence-electron chi connectivity index (χ4n) is 3.07. The van der Waals surface area contributed by atoms with E-state index in [9.17, 15) is 22.8 Å². The molecule has 1 aromatic heterocycles. The van der Waals surface area contributed by atoms with Crippen molar-refractivity contribution in [2.24, 2.45) is 0 Å². The molecule has 0 fully saturated rings. The number of benzene rings is 2. The molecule has 0 aliphatic carbocycles. The molecule has 0 saturated heterocycles. The van der Waals surface area contributed by atoms with E-state index in [1.54, 1.807) is 18.2 Å². The number of alkyl halides is 3. The number of carbonyl (C=O) groups excluding carboxylic acids is 2. The number of methoxy groups -OCH3 is 2. The Kier molecular flexibility index (Phi) is 7.27. The molecule has 174 valence electrons. The summed E-state index contributed by atoms with van der Waals surface area (Å²) in [5, 5.41) is 4.64. The lowest BCUT2D eigenvalue weighted by atomic mass is 10.1.